The Kier molecular flexibility index (Phi) is 4.65. The zero-order valence-electron chi connectivity index (χ0n) is 12.6. The standard InChI is InChI=1S/C14H22BrN5/c1-5-19-13(14(15)10(3)18-19)8-20-11(4)12(6-7-16)9(2)17-20/h5-8,16H2,1-4H3. The number of hydrogen-bond donors (Lipinski definition) is 1. The molecule has 0 spiro atoms. The van der Waals surface area contributed by atoms with Crippen LogP contribution in [0.5, 0.6) is 0 Å². The molecule has 6 heteroatoms. The molecule has 0 amide bonds. The zero-order valence-corrected chi connectivity index (χ0v) is 14.2. The van der Waals surface area contributed by atoms with Crippen LogP contribution < -0.4 is 5.73 Å². The SMILES string of the molecule is CCn1nc(C)c(Br)c1Cn1nc(C)c(CCN)c1C. The number of nitrogens with zero attached hydrogens (tertiary/aromatic N) is 4. The van der Waals surface area contributed by atoms with E-state index in [1.807, 2.05) is 23.2 Å². The van der Waals surface area contributed by atoms with Gasteiger partial charge in [-0.1, -0.05) is 0 Å². The third-order valence-electron chi connectivity index (χ3n) is 3.68. The molecule has 0 aromatic carbocycles. The predicted octanol–water partition coefficient (Wildman–Crippen LogP) is 2.34. The molecule has 0 fully saturated rings. The predicted molar refractivity (Wildman–Crippen MR) is 83.9 cm³/mol. The van der Waals surface area contributed by atoms with Crippen LogP contribution in [0.25, 0.3) is 0 Å². The maximum atomic E-state index is 5.67. The first-order valence-electron chi connectivity index (χ1n) is 6.94. The summed E-state index contributed by atoms with van der Waals surface area (Å²) in [4.78, 5) is 0. The number of rotatable bonds is 5. The number of aromatic nitrogens is 4. The molecule has 0 saturated heterocycles. The minimum Gasteiger partial charge on any atom is -0.330 e. The zero-order chi connectivity index (χ0) is 14.9. The Bertz CT molecular complexity index is 612. The van der Waals surface area contributed by atoms with E-state index in [1.54, 1.807) is 0 Å². The van der Waals surface area contributed by atoms with E-state index in [4.69, 9.17) is 5.73 Å². The second-order valence-corrected chi connectivity index (χ2v) is 5.80. The average Bonchev–Trinajstić information content (AvgIpc) is 2.84. The van der Waals surface area contributed by atoms with E-state index < -0.39 is 0 Å². The Hall–Kier alpha value is -1.14. The van der Waals surface area contributed by atoms with Crippen molar-refractivity contribution in [1.29, 1.82) is 0 Å². The van der Waals surface area contributed by atoms with E-state index in [2.05, 4.69) is 40.0 Å². The first-order chi connectivity index (χ1) is 9.49. The van der Waals surface area contributed by atoms with Gasteiger partial charge in [0, 0.05) is 12.2 Å². The van der Waals surface area contributed by atoms with Crippen molar-refractivity contribution in [3.63, 3.8) is 0 Å². The minimum absolute atomic E-state index is 0.656. The lowest BCUT2D eigenvalue weighted by atomic mass is 10.1. The summed E-state index contributed by atoms with van der Waals surface area (Å²) in [6.07, 6.45) is 0.880. The maximum absolute atomic E-state index is 5.67. The van der Waals surface area contributed by atoms with Crippen molar-refractivity contribution < 1.29 is 0 Å². The van der Waals surface area contributed by atoms with Crippen LogP contribution in [0.3, 0.4) is 0 Å². The molecule has 2 rings (SSSR count). The molecule has 0 unspecified atom stereocenters. The molecule has 2 aromatic heterocycles. The van der Waals surface area contributed by atoms with Gasteiger partial charge < -0.3 is 5.73 Å². The highest BCUT2D eigenvalue weighted by Crippen LogP contribution is 2.23. The molecule has 0 saturated carbocycles. The largest absolute Gasteiger partial charge is 0.330 e. The maximum Gasteiger partial charge on any atom is 0.0843 e. The molecule has 0 aliphatic carbocycles. The van der Waals surface area contributed by atoms with Gasteiger partial charge in [0.05, 0.1) is 28.1 Å². The van der Waals surface area contributed by atoms with Gasteiger partial charge in [0.15, 0.2) is 0 Å². The van der Waals surface area contributed by atoms with Gasteiger partial charge >= 0.3 is 0 Å². The summed E-state index contributed by atoms with van der Waals surface area (Å²) in [5.74, 6) is 0. The number of aryl methyl sites for hydroxylation is 3. The normalized spacial score (nSPS) is 11.3. The van der Waals surface area contributed by atoms with E-state index >= 15 is 0 Å². The van der Waals surface area contributed by atoms with Crippen molar-refractivity contribution in [2.45, 2.75) is 47.2 Å². The van der Waals surface area contributed by atoms with E-state index in [9.17, 15) is 0 Å². The third kappa shape index (κ3) is 2.67. The number of hydrogen-bond acceptors (Lipinski definition) is 3. The fourth-order valence-electron chi connectivity index (χ4n) is 2.56. The van der Waals surface area contributed by atoms with Crippen LogP contribution >= 0.6 is 15.9 Å². The summed E-state index contributed by atoms with van der Waals surface area (Å²) in [7, 11) is 0. The summed E-state index contributed by atoms with van der Waals surface area (Å²) >= 11 is 3.64. The number of nitrogens with two attached hydrogens (primary N) is 1. The summed E-state index contributed by atoms with van der Waals surface area (Å²) in [6, 6.07) is 0. The van der Waals surface area contributed by atoms with Gasteiger partial charge in [-0.2, -0.15) is 10.2 Å². The van der Waals surface area contributed by atoms with E-state index in [-0.39, 0.29) is 0 Å². The third-order valence-corrected chi connectivity index (χ3v) is 4.71. The topological polar surface area (TPSA) is 61.7 Å². The van der Waals surface area contributed by atoms with Gasteiger partial charge in [0.2, 0.25) is 0 Å². The first-order valence-corrected chi connectivity index (χ1v) is 7.73. The van der Waals surface area contributed by atoms with Crippen molar-refractivity contribution >= 4 is 15.9 Å². The molecule has 0 bridgehead atoms. The summed E-state index contributed by atoms with van der Waals surface area (Å²) in [6.45, 7) is 10.5. The Balaban J connectivity index is 2.38. The Morgan fingerprint density at radius 1 is 1.10 bits per heavy atom. The molecule has 0 radical (unpaired) electrons. The smallest absolute Gasteiger partial charge is 0.0843 e. The van der Waals surface area contributed by atoms with Crippen LogP contribution in [0.2, 0.25) is 0 Å². The van der Waals surface area contributed by atoms with E-state index in [0.29, 0.717) is 6.54 Å². The van der Waals surface area contributed by atoms with Gasteiger partial charge in [0.1, 0.15) is 0 Å². The van der Waals surface area contributed by atoms with E-state index in [1.165, 1.54) is 11.3 Å². The number of halogens is 1. The van der Waals surface area contributed by atoms with Crippen LogP contribution in [-0.4, -0.2) is 26.1 Å². The molecule has 5 nitrogen and oxygen atoms in total. The minimum atomic E-state index is 0.656. The first kappa shape index (κ1) is 15.3. The molecule has 0 atom stereocenters. The Labute approximate surface area is 128 Å². The molecule has 2 aromatic rings. The van der Waals surface area contributed by atoms with Gasteiger partial charge in [-0.05, 0) is 62.2 Å². The summed E-state index contributed by atoms with van der Waals surface area (Å²) < 4.78 is 5.15. The van der Waals surface area contributed by atoms with Crippen LogP contribution in [0.15, 0.2) is 4.47 Å². The molecular formula is C14H22BrN5. The molecular weight excluding hydrogens is 318 g/mol. The summed E-state index contributed by atoms with van der Waals surface area (Å²) in [5.41, 5.74) is 11.4. The highest BCUT2D eigenvalue weighted by atomic mass is 79.9. The fraction of sp³-hybridized carbons (Fsp3) is 0.571. The lowest BCUT2D eigenvalue weighted by molar-refractivity contribution is 0.565. The van der Waals surface area contributed by atoms with Crippen LogP contribution in [-0.2, 0) is 19.5 Å². The Morgan fingerprint density at radius 2 is 1.75 bits per heavy atom. The van der Waals surface area contributed by atoms with Crippen molar-refractivity contribution in [3.8, 4) is 0 Å². The average molecular weight is 340 g/mol. The van der Waals surface area contributed by atoms with Crippen molar-refractivity contribution in [1.82, 2.24) is 19.6 Å². The molecule has 0 aliphatic heterocycles. The molecule has 2 heterocycles. The molecule has 20 heavy (non-hydrogen) atoms. The van der Waals surface area contributed by atoms with Crippen LogP contribution in [0, 0.1) is 20.8 Å². The van der Waals surface area contributed by atoms with Crippen molar-refractivity contribution in [2.75, 3.05) is 6.54 Å². The van der Waals surface area contributed by atoms with Crippen LogP contribution in [0.4, 0.5) is 0 Å². The monoisotopic (exact) mass is 339 g/mol. The second-order valence-electron chi connectivity index (χ2n) is 5.01. The quantitative estimate of drug-likeness (QED) is 0.909. The van der Waals surface area contributed by atoms with Gasteiger partial charge in [-0.15, -0.1) is 0 Å². The van der Waals surface area contributed by atoms with Gasteiger partial charge in [-0.3, -0.25) is 9.36 Å². The molecule has 2 N–H and O–H groups in total. The lowest BCUT2D eigenvalue weighted by Crippen LogP contribution is -2.11. The lowest BCUT2D eigenvalue weighted by Gasteiger charge is -2.08. The van der Waals surface area contributed by atoms with E-state index in [0.717, 1.165) is 41.1 Å². The molecule has 0 aliphatic rings. The van der Waals surface area contributed by atoms with Gasteiger partial charge in [0.25, 0.3) is 0 Å². The Morgan fingerprint density at radius 3 is 2.35 bits per heavy atom. The summed E-state index contributed by atoms with van der Waals surface area (Å²) in [5, 5.41) is 9.18. The van der Waals surface area contributed by atoms with Crippen molar-refractivity contribution in [2.24, 2.45) is 5.73 Å². The highest BCUT2D eigenvalue weighted by molar-refractivity contribution is 9.10. The van der Waals surface area contributed by atoms with Crippen molar-refractivity contribution in [3.05, 3.63) is 32.8 Å². The fourth-order valence-corrected chi connectivity index (χ4v) is 2.97. The van der Waals surface area contributed by atoms with Crippen LogP contribution in [0.1, 0.15) is 35.3 Å². The second kappa shape index (κ2) is 6.10. The molecule has 110 valence electrons. The van der Waals surface area contributed by atoms with Gasteiger partial charge in [-0.25, -0.2) is 0 Å². The highest BCUT2D eigenvalue weighted by Gasteiger charge is 2.16.